The molecule has 1 aromatic heterocycles. The van der Waals surface area contributed by atoms with Gasteiger partial charge in [-0.2, -0.15) is 0 Å². The molecule has 0 saturated heterocycles. The number of nitrogens with one attached hydrogen (secondary N) is 1. The SMILES string of the molecule is CC(C)CCCNC(=O)c1cc(N)nc(C(C)C)c1. The van der Waals surface area contributed by atoms with Crippen molar-refractivity contribution in [3.63, 3.8) is 0 Å². The van der Waals surface area contributed by atoms with Gasteiger partial charge in [-0.3, -0.25) is 4.79 Å². The molecule has 0 aromatic carbocycles. The number of nitrogens with zero attached hydrogens (tertiary/aromatic N) is 1. The Balaban J connectivity index is 2.61. The molecule has 4 nitrogen and oxygen atoms in total. The average Bonchev–Trinajstić information content (AvgIpc) is 2.33. The van der Waals surface area contributed by atoms with Gasteiger partial charge in [0.15, 0.2) is 0 Å². The van der Waals surface area contributed by atoms with Crippen molar-refractivity contribution < 1.29 is 4.79 Å². The third-order valence-electron chi connectivity index (χ3n) is 2.96. The molecule has 1 amide bonds. The van der Waals surface area contributed by atoms with Crippen LogP contribution >= 0.6 is 0 Å². The summed E-state index contributed by atoms with van der Waals surface area (Å²) < 4.78 is 0. The predicted molar refractivity (Wildman–Crippen MR) is 79.1 cm³/mol. The summed E-state index contributed by atoms with van der Waals surface area (Å²) in [4.78, 5) is 16.3. The highest BCUT2D eigenvalue weighted by Crippen LogP contribution is 2.16. The van der Waals surface area contributed by atoms with Crippen molar-refractivity contribution in [2.45, 2.75) is 46.5 Å². The molecule has 0 saturated carbocycles. The molecule has 0 aliphatic rings. The average molecular weight is 263 g/mol. The van der Waals surface area contributed by atoms with Crippen molar-refractivity contribution >= 4 is 11.7 Å². The van der Waals surface area contributed by atoms with Crippen molar-refractivity contribution in [2.24, 2.45) is 5.92 Å². The molecule has 0 fully saturated rings. The van der Waals surface area contributed by atoms with Gasteiger partial charge < -0.3 is 11.1 Å². The number of aromatic nitrogens is 1. The number of hydrogen-bond acceptors (Lipinski definition) is 3. The van der Waals surface area contributed by atoms with Crippen LogP contribution in [0.5, 0.6) is 0 Å². The van der Waals surface area contributed by atoms with E-state index >= 15 is 0 Å². The van der Waals surface area contributed by atoms with Crippen LogP contribution in [-0.4, -0.2) is 17.4 Å². The highest BCUT2D eigenvalue weighted by Gasteiger charge is 2.10. The van der Waals surface area contributed by atoms with Crippen molar-refractivity contribution in [2.75, 3.05) is 12.3 Å². The highest BCUT2D eigenvalue weighted by molar-refractivity contribution is 5.94. The quantitative estimate of drug-likeness (QED) is 0.775. The van der Waals surface area contributed by atoms with Gasteiger partial charge in [0.25, 0.3) is 5.91 Å². The van der Waals surface area contributed by atoms with E-state index in [9.17, 15) is 4.79 Å². The number of pyridine rings is 1. The van der Waals surface area contributed by atoms with E-state index in [1.54, 1.807) is 6.07 Å². The molecule has 1 heterocycles. The molecule has 0 spiro atoms. The highest BCUT2D eigenvalue weighted by atomic mass is 16.1. The fourth-order valence-electron chi connectivity index (χ4n) is 1.82. The van der Waals surface area contributed by atoms with Crippen LogP contribution in [0, 0.1) is 5.92 Å². The first kappa shape index (κ1) is 15.5. The van der Waals surface area contributed by atoms with Crippen LogP contribution in [0.25, 0.3) is 0 Å². The van der Waals surface area contributed by atoms with Gasteiger partial charge in [0.2, 0.25) is 0 Å². The monoisotopic (exact) mass is 263 g/mol. The Kier molecular flexibility index (Phi) is 5.80. The van der Waals surface area contributed by atoms with E-state index in [1.807, 2.05) is 19.9 Å². The standard InChI is InChI=1S/C15H25N3O/c1-10(2)6-5-7-17-15(19)12-8-13(11(3)4)18-14(16)9-12/h8-11H,5-7H2,1-4H3,(H2,16,18)(H,17,19). The molecule has 4 heteroatoms. The molecule has 19 heavy (non-hydrogen) atoms. The van der Waals surface area contributed by atoms with E-state index in [2.05, 4.69) is 24.1 Å². The number of nitrogen functional groups attached to an aromatic ring is 1. The minimum absolute atomic E-state index is 0.0697. The van der Waals surface area contributed by atoms with Crippen molar-refractivity contribution in [1.29, 1.82) is 0 Å². The Hall–Kier alpha value is -1.58. The van der Waals surface area contributed by atoms with E-state index in [-0.39, 0.29) is 11.8 Å². The molecule has 0 atom stereocenters. The van der Waals surface area contributed by atoms with Crippen LogP contribution in [0.3, 0.4) is 0 Å². The zero-order valence-corrected chi connectivity index (χ0v) is 12.4. The molecule has 3 N–H and O–H groups in total. The Morgan fingerprint density at radius 1 is 1.32 bits per heavy atom. The van der Waals surface area contributed by atoms with Gasteiger partial charge in [-0.05, 0) is 36.8 Å². The summed E-state index contributed by atoms with van der Waals surface area (Å²) in [5.74, 6) is 1.26. The Morgan fingerprint density at radius 2 is 2.00 bits per heavy atom. The minimum Gasteiger partial charge on any atom is -0.384 e. The van der Waals surface area contributed by atoms with Crippen molar-refractivity contribution in [1.82, 2.24) is 10.3 Å². The summed E-state index contributed by atoms with van der Waals surface area (Å²) in [6, 6.07) is 3.45. The second-order valence-corrected chi connectivity index (χ2v) is 5.65. The number of nitrogens with two attached hydrogens (primary N) is 1. The van der Waals surface area contributed by atoms with Gasteiger partial charge in [0, 0.05) is 17.8 Å². The number of rotatable bonds is 6. The minimum atomic E-state index is -0.0697. The molecule has 1 rings (SSSR count). The van der Waals surface area contributed by atoms with Crippen molar-refractivity contribution in [3.8, 4) is 0 Å². The van der Waals surface area contributed by atoms with Crippen LogP contribution in [-0.2, 0) is 0 Å². The van der Waals surface area contributed by atoms with Crippen LogP contribution < -0.4 is 11.1 Å². The largest absolute Gasteiger partial charge is 0.384 e. The Morgan fingerprint density at radius 3 is 2.58 bits per heavy atom. The topological polar surface area (TPSA) is 68.0 Å². The van der Waals surface area contributed by atoms with Gasteiger partial charge in [-0.15, -0.1) is 0 Å². The van der Waals surface area contributed by atoms with Crippen LogP contribution in [0.15, 0.2) is 12.1 Å². The van der Waals surface area contributed by atoms with Gasteiger partial charge in [-0.25, -0.2) is 4.98 Å². The summed E-state index contributed by atoms with van der Waals surface area (Å²) >= 11 is 0. The van der Waals surface area contributed by atoms with E-state index in [0.717, 1.165) is 18.5 Å². The first-order valence-corrected chi connectivity index (χ1v) is 6.95. The third kappa shape index (κ3) is 5.28. The van der Waals surface area contributed by atoms with E-state index in [1.165, 1.54) is 0 Å². The molecule has 1 aromatic rings. The van der Waals surface area contributed by atoms with Gasteiger partial charge >= 0.3 is 0 Å². The fraction of sp³-hybridized carbons (Fsp3) is 0.600. The van der Waals surface area contributed by atoms with E-state index in [4.69, 9.17) is 5.73 Å². The van der Waals surface area contributed by atoms with Gasteiger partial charge in [-0.1, -0.05) is 27.7 Å². The Bertz CT molecular complexity index is 427. The molecular weight excluding hydrogens is 238 g/mol. The lowest BCUT2D eigenvalue weighted by atomic mass is 10.1. The van der Waals surface area contributed by atoms with Crippen LogP contribution in [0.1, 0.15) is 62.5 Å². The zero-order valence-electron chi connectivity index (χ0n) is 12.4. The first-order valence-electron chi connectivity index (χ1n) is 6.95. The first-order chi connectivity index (χ1) is 8.90. The Labute approximate surface area is 115 Å². The summed E-state index contributed by atoms with van der Waals surface area (Å²) in [7, 11) is 0. The molecule has 0 aliphatic heterocycles. The number of hydrogen-bond donors (Lipinski definition) is 2. The lowest BCUT2D eigenvalue weighted by Gasteiger charge is -2.10. The molecule has 0 unspecified atom stereocenters. The lowest BCUT2D eigenvalue weighted by molar-refractivity contribution is 0.0952. The zero-order chi connectivity index (χ0) is 14.4. The molecule has 0 bridgehead atoms. The van der Waals surface area contributed by atoms with Gasteiger partial charge in [0.05, 0.1) is 0 Å². The summed E-state index contributed by atoms with van der Waals surface area (Å²) in [6.45, 7) is 9.13. The predicted octanol–water partition coefficient (Wildman–Crippen LogP) is 2.95. The number of carbonyl (C=O) groups excluding carboxylic acids is 1. The number of carbonyl (C=O) groups is 1. The molecule has 0 radical (unpaired) electrons. The van der Waals surface area contributed by atoms with E-state index < -0.39 is 0 Å². The second-order valence-electron chi connectivity index (χ2n) is 5.65. The second kappa shape index (κ2) is 7.12. The normalized spacial score (nSPS) is 11.1. The summed E-state index contributed by atoms with van der Waals surface area (Å²) in [5.41, 5.74) is 7.19. The smallest absolute Gasteiger partial charge is 0.251 e. The lowest BCUT2D eigenvalue weighted by Crippen LogP contribution is -2.25. The summed E-state index contributed by atoms with van der Waals surface area (Å²) in [5, 5.41) is 2.93. The molecular formula is C15H25N3O. The third-order valence-corrected chi connectivity index (χ3v) is 2.96. The maximum atomic E-state index is 12.0. The summed E-state index contributed by atoms with van der Waals surface area (Å²) in [6.07, 6.45) is 2.12. The number of anilines is 1. The molecule has 0 aliphatic carbocycles. The van der Waals surface area contributed by atoms with E-state index in [0.29, 0.717) is 23.8 Å². The number of amides is 1. The molecule has 106 valence electrons. The maximum Gasteiger partial charge on any atom is 0.251 e. The van der Waals surface area contributed by atoms with Gasteiger partial charge in [0.1, 0.15) is 5.82 Å². The maximum absolute atomic E-state index is 12.0. The fourth-order valence-corrected chi connectivity index (χ4v) is 1.82. The van der Waals surface area contributed by atoms with Crippen LogP contribution in [0.4, 0.5) is 5.82 Å². The van der Waals surface area contributed by atoms with Crippen LogP contribution in [0.2, 0.25) is 0 Å². The van der Waals surface area contributed by atoms with Crippen molar-refractivity contribution in [3.05, 3.63) is 23.4 Å².